The first-order chi connectivity index (χ1) is 14.5. The number of carboxylic acids is 1. The predicted molar refractivity (Wildman–Crippen MR) is 105 cm³/mol. The number of esters is 1. The maximum Gasteiger partial charge on any atom is 0.490 e. The van der Waals surface area contributed by atoms with Crippen LogP contribution in [0.2, 0.25) is 0 Å². The van der Waals surface area contributed by atoms with Crippen molar-refractivity contribution in [2.45, 2.75) is 19.1 Å². The largest absolute Gasteiger partial charge is 0.490 e. The summed E-state index contributed by atoms with van der Waals surface area (Å²) in [7, 11) is 5.21. The summed E-state index contributed by atoms with van der Waals surface area (Å²) in [4.78, 5) is 34.3. The number of hydrogen-bond donors (Lipinski definition) is 2. The first kappa shape index (κ1) is 25.7. The van der Waals surface area contributed by atoms with Gasteiger partial charge in [0.2, 0.25) is 0 Å². The summed E-state index contributed by atoms with van der Waals surface area (Å²) in [5.74, 6) is -3.09. The van der Waals surface area contributed by atoms with Crippen LogP contribution in [-0.4, -0.2) is 61.8 Å². The van der Waals surface area contributed by atoms with E-state index in [1.807, 2.05) is 43.3 Å². The van der Waals surface area contributed by atoms with E-state index in [1.54, 1.807) is 6.08 Å². The lowest BCUT2D eigenvalue weighted by Crippen LogP contribution is -2.25. The van der Waals surface area contributed by atoms with E-state index in [0.29, 0.717) is 30.9 Å². The zero-order chi connectivity index (χ0) is 23.6. The quantitative estimate of drug-likeness (QED) is 0.384. The maximum atomic E-state index is 12.4. The van der Waals surface area contributed by atoms with Crippen molar-refractivity contribution in [3.8, 4) is 0 Å². The highest BCUT2D eigenvalue weighted by Gasteiger charge is 2.38. The van der Waals surface area contributed by atoms with Crippen LogP contribution in [0.1, 0.15) is 22.5 Å². The van der Waals surface area contributed by atoms with Crippen molar-refractivity contribution >= 4 is 28.8 Å². The Labute approximate surface area is 176 Å². The van der Waals surface area contributed by atoms with E-state index in [4.69, 9.17) is 14.3 Å². The molecule has 0 atom stereocenters. The van der Waals surface area contributed by atoms with E-state index in [0.717, 1.165) is 10.9 Å². The van der Waals surface area contributed by atoms with Crippen molar-refractivity contribution in [3.63, 3.8) is 0 Å². The fourth-order valence-corrected chi connectivity index (χ4v) is 2.35. The van der Waals surface area contributed by atoms with Crippen LogP contribution in [0.3, 0.4) is 0 Å². The van der Waals surface area contributed by atoms with Crippen LogP contribution in [-0.2, 0) is 20.9 Å². The molecule has 0 unspecified atom stereocenters. The fourth-order valence-electron chi connectivity index (χ4n) is 2.35. The van der Waals surface area contributed by atoms with Crippen LogP contribution < -0.4 is 5.32 Å². The molecule has 0 aliphatic heterocycles. The predicted octanol–water partition coefficient (Wildman–Crippen LogP) is 2.98. The number of ether oxygens (including phenoxy) is 1. The van der Waals surface area contributed by atoms with Gasteiger partial charge < -0.3 is 24.5 Å². The first-order valence-corrected chi connectivity index (χ1v) is 8.95. The molecule has 0 aliphatic carbocycles. The Morgan fingerprint density at radius 1 is 1.23 bits per heavy atom. The van der Waals surface area contributed by atoms with E-state index in [-0.39, 0.29) is 5.91 Å². The zero-order valence-electron chi connectivity index (χ0n) is 17.2. The van der Waals surface area contributed by atoms with Crippen LogP contribution in [0.25, 0.3) is 11.0 Å². The zero-order valence-corrected chi connectivity index (χ0v) is 17.2. The number of nitrogens with one attached hydrogen (secondary N) is 1. The molecule has 0 fully saturated rings. The SMILES string of the molecule is COC(=O)/C=C/CCNC(=O)c1oc2ccccc2c1CN(C)C.O=C(O)C(F)(F)F. The Hall–Kier alpha value is -3.34. The van der Waals surface area contributed by atoms with Gasteiger partial charge in [0.25, 0.3) is 5.91 Å². The molecule has 0 bridgehead atoms. The highest BCUT2D eigenvalue weighted by atomic mass is 19.4. The topological polar surface area (TPSA) is 109 Å². The van der Waals surface area contributed by atoms with Crippen molar-refractivity contribution in [1.82, 2.24) is 10.2 Å². The summed E-state index contributed by atoms with van der Waals surface area (Å²) in [5, 5.41) is 10.9. The van der Waals surface area contributed by atoms with E-state index in [9.17, 15) is 22.8 Å². The molecule has 11 heteroatoms. The molecule has 170 valence electrons. The minimum Gasteiger partial charge on any atom is -0.475 e. The van der Waals surface area contributed by atoms with Gasteiger partial charge in [0.1, 0.15) is 5.58 Å². The number of methoxy groups -OCH3 is 1. The molecule has 2 N–H and O–H groups in total. The first-order valence-electron chi connectivity index (χ1n) is 8.95. The molecule has 31 heavy (non-hydrogen) atoms. The van der Waals surface area contributed by atoms with Gasteiger partial charge in [-0.3, -0.25) is 4.79 Å². The van der Waals surface area contributed by atoms with Gasteiger partial charge in [0.15, 0.2) is 5.76 Å². The number of halogens is 3. The lowest BCUT2D eigenvalue weighted by atomic mass is 10.1. The number of carbonyl (C=O) groups excluding carboxylic acids is 2. The number of benzene rings is 1. The number of alkyl halides is 3. The minimum absolute atomic E-state index is 0.255. The van der Waals surface area contributed by atoms with Gasteiger partial charge in [-0.15, -0.1) is 0 Å². The molecule has 0 spiro atoms. The molecule has 0 saturated heterocycles. The number of amides is 1. The Balaban J connectivity index is 0.000000592. The second kappa shape index (κ2) is 11.7. The Bertz CT molecular complexity index is 935. The molecule has 1 heterocycles. The maximum absolute atomic E-state index is 12.4. The van der Waals surface area contributed by atoms with Gasteiger partial charge >= 0.3 is 18.1 Å². The number of carbonyl (C=O) groups is 3. The number of furan rings is 1. The lowest BCUT2D eigenvalue weighted by molar-refractivity contribution is -0.192. The van der Waals surface area contributed by atoms with Crippen LogP contribution in [0.5, 0.6) is 0 Å². The van der Waals surface area contributed by atoms with Crippen molar-refractivity contribution < 1.29 is 41.8 Å². The van der Waals surface area contributed by atoms with Crippen molar-refractivity contribution in [1.29, 1.82) is 0 Å². The number of rotatable bonds is 7. The smallest absolute Gasteiger partial charge is 0.475 e. The van der Waals surface area contributed by atoms with E-state index in [1.165, 1.54) is 13.2 Å². The van der Waals surface area contributed by atoms with E-state index in [2.05, 4.69) is 10.1 Å². The molecule has 2 rings (SSSR count). The Kier molecular flexibility index (Phi) is 9.74. The summed E-state index contributed by atoms with van der Waals surface area (Å²) < 4.78 is 42.0. The third-order valence-corrected chi connectivity index (χ3v) is 3.67. The molecule has 0 saturated carbocycles. The van der Waals surface area contributed by atoms with Crippen LogP contribution in [0.4, 0.5) is 13.2 Å². The van der Waals surface area contributed by atoms with Crippen molar-refractivity contribution in [2.24, 2.45) is 0 Å². The number of para-hydroxylation sites is 1. The molecular formula is C20H23F3N2O6. The Morgan fingerprint density at radius 3 is 2.39 bits per heavy atom. The highest BCUT2D eigenvalue weighted by Crippen LogP contribution is 2.26. The lowest BCUT2D eigenvalue weighted by Gasteiger charge is -2.10. The number of hydrogen-bond acceptors (Lipinski definition) is 6. The van der Waals surface area contributed by atoms with Crippen LogP contribution in [0, 0.1) is 0 Å². The summed E-state index contributed by atoms with van der Waals surface area (Å²) in [5.41, 5.74) is 1.57. The second-order valence-electron chi connectivity index (χ2n) is 6.42. The molecule has 1 aromatic carbocycles. The number of aliphatic carboxylic acids is 1. The van der Waals surface area contributed by atoms with E-state index >= 15 is 0 Å². The molecule has 2 aromatic rings. The standard InChI is InChI=1S/C18H22N2O4.C2HF3O2/c1-20(2)12-14-13-8-4-5-9-15(13)24-17(14)18(22)19-11-7-6-10-16(21)23-3;3-2(4,5)1(6)7/h4-6,8-10H,7,11-12H2,1-3H3,(H,19,22);(H,6,7)/b10-6+;. The number of nitrogens with zero attached hydrogens (tertiary/aromatic N) is 1. The van der Waals surface area contributed by atoms with Crippen LogP contribution in [0.15, 0.2) is 40.8 Å². The van der Waals surface area contributed by atoms with Gasteiger partial charge in [-0.05, 0) is 26.6 Å². The monoisotopic (exact) mass is 444 g/mol. The molecule has 1 aromatic heterocycles. The van der Waals surface area contributed by atoms with Gasteiger partial charge in [-0.2, -0.15) is 13.2 Å². The average molecular weight is 444 g/mol. The summed E-state index contributed by atoms with van der Waals surface area (Å²) in [6.07, 6.45) is -1.56. The molecular weight excluding hydrogens is 421 g/mol. The second-order valence-corrected chi connectivity index (χ2v) is 6.42. The third kappa shape index (κ3) is 8.51. The number of fused-ring (bicyclic) bond motifs is 1. The molecule has 0 aliphatic rings. The summed E-state index contributed by atoms with van der Waals surface area (Å²) in [6.45, 7) is 1.02. The van der Waals surface area contributed by atoms with Gasteiger partial charge in [-0.1, -0.05) is 24.3 Å². The minimum atomic E-state index is -5.08. The summed E-state index contributed by atoms with van der Waals surface area (Å²) in [6, 6.07) is 7.61. The van der Waals surface area contributed by atoms with Gasteiger partial charge in [0.05, 0.1) is 7.11 Å². The molecule has 0 radical (unpaired) electrons. The van der Waals surface area contributed by atoms with Crippen molar-refractivity contribution in [2.75, 3.05) is 27.7 Å². The molecule has 8 nitrogen and oxygen atoms in total. The van der Waals surface area contributed by atoms with Gasteiger partial charge in [-0.25, -0.2) is 9.59 Å². The number of carboxylic acid groups (broad SMARTS) is 1. The normalized spacial score (nSPS) is 11.3. The summed E-state index contributed by atoms with van der Waals surface area (Å²) >= 11 is 0. The van der Waals surface area contributed by atoms with E-state index < -0.39 is 18.1 Å². The highest BCUT2D eigenvalue weighted by molar-refractivity contribution is 5.99. The average Bonchev–Trinajstić information content (AvgIpc) is 3.05. The van der Waals surface area contributed by atoms with Crippen molar-refractivity contribution in [3.05, 3.63) is 47.7 Å². The fraction of sp³-hybridized carbons (Fsp3) is 0.350. The Morgan fingerprint density at radius 2 is 1.84 bits per heavy atom. The van der Waals surface area contributed by atoms with Crippen LogP contribution >= 0.6 is 0 Å². The third-order valence-electron chi connectivity index (χ3n) is 3.67. The van der Waals surface area contributed by atoms with Gasteiger partial charge in [0, 0.05) is 30.1 Å². The molecule has 1 amide bonds.